The Balaban J connectivity index is 1.79. The molecule has 4 aromatic rings. The summed E-state index contributed by atoms with van der Waals surface area (Å²) in [7, 11) is 1.34. The standard InChI is InChI=1S/C28H24N2O4S/c1-4-34-22-15-14-18-10-8-9-13-20(18)21(22)16-23-26(31)30-25(19-11-6-5-7-12-19)24(27(32)33-3)17(2)29-28(30)35-23/h5-16,25H,4H2,1-3H3/b23-16-/t25-/m1/s1. The van der Waals surface area contributed by atoms with Gasteiger partial charge in [-0.15, -0.1) is 0 Å². The van der Waals surface area contributed by atoms with E-state index in [0.717, 1.165) is 21.9 Å². The molecule has 0 fully saturated rings. The Bertz CT molecular complexity index is 1650. The molecule has 2 heterocycles. The van der Waals surface area contributed by atoms with E-state index in [0.29, 0.717) is 33.0 Å². The Hall–Kier alpha value is -3.97. The average molecular weight is 485 g/mol. The molecule has 0 aliphatic carbocycles. The molecule has 3 aromatic carbocycles. The zero-order valence-electron chi connectivity index (χ0n) is 19.6. The van der Waals surface area contributed by atoms with Crippen molar-refractivity contribution in [2.75, 3.05) is 13.7 Å². The number of rotatable bonds is 5. The van der Waals surface area contributed by atoms with E-state index in [-0.39, 0.29) is 5.56 Å². The van der Waals surface area contributed by atoms with E-state index < -0.39 is 12.0 Å². The number of hydrogen-bond acceptors (Lipinski definition) is 6. The fraction of sp³-hybridized carbons (Fsp3) is 0.179. The van der Waals surface area contributed by atoms with E-state index in [2.05, 4.69) is 4.99 Å². The molecular weight excluding hydrogens is 460 g/mol. The summed E-state index contributed by atoms with van der Waals surface area (Å²) in [5, 5.41) is 2.05. The number of hydrogen-bond donors (Lipinski definition) is 0. The minimum absolute atomic E-state index is 0.216. The Morgan fingerprint density at radius 1 is 1.09 bits per heavy atom. The molecule has 0 saturated heterocycles. The van der Waals surface area contributed by atoms with E-state index in [1.807, 2.05) is 79.7 Å². The molecule has 0 spiro atoms. The van der Waals surface area contributed by atoms with Crippen LogP contribution in [0.1, 0.15) is 31.0 Å². The smallest absolute Gasteiger partial charge is 0.338 e. The highest BCUT2D eigenvalue weighted by Crippen LogP contribution is 2.31. The number of nitrogens with zero attached hydrogens (tertiary/aromatic N) is 2. The monoisotopic (exact) mass is 484 g/mol. The van der Waals surface area contributed by atoms with Gasteiger partial charge in [-0.25, -0.2) is 9.79 Å². The maximum Gasteiger partial charge on any atom is 0.338 e. The third kappa shape index (κ3) is 3.98. The number of thiazole rings is 1. The zero-order chi connectivity index (χ0) is 24.5. The van der Waals surface area contributed by atoms with Crippen molar-refractivity contribution in [1.82, 2.24) is 4.57 Å². The molecule has 5 rings (SSSR count). The Kier molecular flexibility index (Phi) is 6.09. The summed E-state index contributed by atoms with van der Waals surface area (Å²) in [4.78, 5) is 31.8. The van der Waals surface area contributed by atoms with Crippen molar-refractivity contribution < 1.29 is 14.3 Å². The maximum atomic E-state index is 13.8. The van der Waals surface area contributed by atoms with Crippen molar-refractivity contribution in [3.8, 4) is 5.75 Å². The van der Waals surface area contributed by atoms with Gasteiger partial charge in [0, 0.05) is 5.56 Å². The molecule has 6 nitrogen and oxygen atoms in total. The Labute approximate surface area is 206 Å². The molecule has 0 radical (unpaired) electrons. The van der Waals surface area contributed by atoms with Crippen LogP contribution in [0, 0.1) is 0 Å². The van der Waals surface area contributed by atoms with Gasteiger partial charge in [0.05, 0.1) is 35.6 Å². The number of carbonyl (C=O) groups is 1. The normalized spacial score (nSPS) is 15.6. The highest BCUT2D eigenvalue weighted by atomic mass is 32.1. The first kappa shape index (κ1) is 22.8. The lowest BCUT2D eigenvalue weighted by Crippen LogP contribution is -2.39. The number of fused-ring (bicyclic) bond motifs is 2. The molecular formula is C28H24N2O4S. The third-order valence-corrected chi connectivity index (χ3v) is 7.03. The molecule has 1 aliphatic rings. The van der Waals surface area contributed by atoms with Crippen LogP contribution in [0.15, 0.2) is 87.8 Å². The zero-order valence-corrected chi connectivity index (χ0v) is 20.5. The summed E-state index contributed by atoms with van der Waals surface area (Å²) in [6.07, 6.45) is 1.87. The van der Waals surface area contributed by atoms with Crippen LogP contribution in [0.3, 0.4) is 0 Å². The second-order valence-corrected chi connectivity index (χ2v) is 9.12. The van der Waals surface area contributed by atoms with Crippen LogP contribution in [0.5, 0.6) is 5.75 Å². The Morgan fingerprint density at radius 2 is 1.83 bits per heavy atom. The van der Waals surface area contributed by atoms with Crippen molar-refractivity contribution in [2.45, 2.75) is 19.9 Å². The topological polar surface area (TPSA) is 69.9 Å². The van der Waals surface area contributed by atoms with Gasteiger partial charge in [0.15, 0.2) is 4.80 Å². The number of esters is 1. The molecule has 176 valence electrons. The van der Waals surface area contributed by atoms with Crippen LogP contribution in [-0.4, -0.2) is 24.3 Å². The summed E-state index contributed by atoms with van der Waals surface area (Å²) in [6, 6.07) is 20.8. The van der Waals surface area contributed by atoms with Gasteiger partial charge in [-0.3, -0.25) is 9.36 Å². The first-order chi connectivity index (χ1) is 17.0. The lowest BCUT2D eigenvalue weighted by Gasteiger charge is -2.24. The van der Waals surface area contributed by atoms with Gasteiger partial charge in [-0.2, -0.15) is 0 Å². The highest BCUT2D eigenvalue weighted by Gasteiger charge is 2.32. The van der Waals surface area contributed by atoms with E-state index >= 15 is 0 Å². The maximum absolute atomic E-state index is 13.8. The van der Waals surface area contributed by atoms with Gasteiger partial charge in [-0.1, -0.05) is 72.0 Å². The second kappa shape index (κ2) is 9.35. The lowest BCUT2D eigenvalue weighted by atomic mass is 9.96. The molecule has 0 amide bonds. The summed E-state index contributed by atoms with van der Waals surface area (Å²) < 4.78 is 13.1. The van der Waals surface area contributed by atoms with Gasteiger partial charge in [0.2, 0.25) is 0 Å². The highest BCUT2D eigenvalue weighted by molar-refractivity contribution is 7.07. The number of carbonyl (C=O) groups excluding carboxylic acids is 1. The van der Waals surface area contributed by atoms with Crippen LogP contribution in [0.25, 0.3) is 16.8 Å². The van der Waals surface area contributed by atoms with Crippen LogP contribution in [0.4, 0.5) is 0 Å². The second-order valence-electron chi connectivity index (χ2n) is 8.12. The van der Waals surface area contributed by atoms with Gasteiger partial charge in [0.1, 0.15) is 5.75 Å². The minimum atomic E-state index is -0.624. The van der Waals surface area contributed by atoms with Crippen LogP contribution in [-0.2, 0) is 9.53 Å². The van der Waals surface area contributed by atoms with Gasteiger partial charge in [0.25, 0.3) is 5.56 Å². The first-order valence-electron chi connectivity index (χ1n) is 11.3. The van der Waals surface area contributed by atoms with E-state index in [9.17, 15) is 9.59 Å². The van der Waals surface area contributed by atoms with E-state index in [1.165, 1.54) is 18.4 Å². The predicted molar refractivity (Wildman–Crippen MR) is 137 cm³/mol. The molecule has 1 aromatic heterocycles. The number of allylic oxidation sites excluding steroid dienone is 1. The number of aromatic nitrogens is 1. The number of methoxy groups -OCH3 is 1. The lowest BCUT2D eigenvalue weighted by molar-refractivity contribution is -0.136. The quantitative estimate of drug-likeness (QED) is 0.402. The van der Waals surface area contributed by atoms with Crippen molar-refractivity contribution in [3.63, 3.8) is 0 Å². The molecule has 1 aliphatic heterocycles. The summed E-state index contributed by atoms with van der Waals surface area (Å²) in [5.41, 5.74) is 2.34. The largest absolute Gasteiger partial charge is 0.493 e. The fourth-order valence-electron chi connectivity index (χ4n) is 4.48. The summed E-state index contributed by atoms with van der Waals surface area (Å²) in [6.45, 7) is 4.22. The molecule has 0 saturated carbocycles. The molecule has 0 unspecified atom stereocenters. The molecule has 0 N–H and O–H groups in total. The van der Waals surface area contributed by atoms with Crippen molar-refractivity contribution in [1.29, 1.82) is 0 Å². The fourth-order valence-corrected chi connectivity index (χ4v) is 5.51. The third-order valence-electron chi connectivity index (χ3n) is 6.05. The SMILES string of the molecule is CCOc1ccc2ccccc2c1/C=c1\sc2n(c1=O)[C@H](c1ccccc1)C(C(=O)OC)=C(C)N=2. The number of ether oxygens (including phenoxy) is 2. The molecule has 35 heavy (non-hydrogen) atoms. The number of benzene rings is 3. The minimum Gasteiger partial charge on any atom is -0.493 e. The first-order valence-corrected chi connectivity index (χ1v) is 12.2. The predicted octanol–water partition coefficient (Wildman–Crippen LogP) is 3.96. The average Bonchev–Trinajstić information content (AvgIpc) is 3.19. The van der Waals surface area contributed by atoms with Gasteiger partial charge >= 0.3 is 5.97 Å². The summed E-state index contributed by atoms with van der Waals surface area (Å²) in [5.74, 6) is 0.213. The summed E-state index contributed by atoms with van der Waals surface area (Å²) >= 11 is 1.30. The van der Waals surface area contributed by atoms with Crippen LogP contribution < -0.4 is 19.6 Å². The molecule has 7 heteroatoms. The van der Waals surface area contributed by atoms with Crippen molar-refractivity contribution in [3.05, 3.63) is 109 Å². The van der Waals surface area contributed by atoms with Crippen molar-refractivity contribution >= 4 is 34.2 Å². The van der Waals surface area contributed by atoms with E-state index in [1.54, 1.807) is 11.5 Å². The molecule has 1 atom stereocenters. The van der Waals surface area contributed by atoms with Gasteiger partial charge in [-0.05, 0) is 42.3 Å². The van der Waals surface area contributed by atoms with Gasteiger partial charge < -0.3 is 9.47 Å². The van der Waals surface area contributed by atoms with Crippen LogP contribution >= 0.6 is 11.3 Å². The van der Waals surface area contributed by atoms with Crippen molar-refractivity contribution in [2.24, 2.45) is 4.99 Å². The molecule has 0 bridgehead atoms. The Morgan fingerprint density at radius 3 is 2.57 bits per heavy atom. The van der Waals surface area contributed by atoms with Crippen LogP contribution in [0.2, 0.25) is 0 Å². The van der Waals surface area contributed by atoms with E-state index in [4.69, 9.17) is 9.47 Å².